The highest BCUT2D eigenvalue weighted by Crippen LogP contribution is 2.22. The summed E-state index contributed by atoms with van der Waals surface area (Å²) >= 11 is 0. The molecule has 0 aliphatic carbocycles. The SMILES string of the molecule is CC1CN(S(=O)(=O)N2CCCC(C=O)C2)CC(C)O1. The number of morpholine rings is 1. The molecular formula is C12H22N2O4S. The number of aldehydes is 1. The van der Waals surface area contributed by atoms with Gasteiger partial charge in [0.2, 0.25) is 0 Å². The quantitative estimate of drug-likeness (QED) is 0.699. The van der Waals surface area contributed by atoms with Crippen molar-refractivity contribution >= 4 is 16.5 Å². The Morgan fingerprint density at radius 2 is 1.74 bits per heavy atom. The standard InChI is InChI=1S/C12H22N2O4S/c1-10-6-14(7-11(2)18-10)19(16,17)13-5-3-4-12(8-13)9-15/h9-12H,3-8H2,1-2H3. The van der Waals surface area contributed by atoms with Crippen molar-refractivity contribution in [1.82, 2.24) is 8.61 Å². The Hall–Kier alpha value is -0.500. The van der Waals surface area contributed by atoms with Crippen LogP contribution in [0.4, 0.5) is 0 Å². The Balaban J connectivity index is 2.10. The van der Waals surface area contributed by atoms with Crippen LogP contribution in [0.25, 0.3) is 0 Å². The van der Waals surface area contributed by atoms with Crippen molar-refractivity contribution in [2.24, 2.45) is 5.92 Å². The van der Waals surface area contributed by atoms with E-state index in [1.165, 1.54) is 8.61 Å². The largest absolute Gasteiger partial charge is 0.373 e. The molecule has 2 fully saturated rings. The molecule has 2 aliphatic heterocycles. The van der Waals surface area contributed by atoms with Crippen LogP contribution in [-0.2, 0) is 19.7 Å². The van der Waals surface area contributed by atoms with Crippen molar-refractivity contribution in [2.45, 2.75) is 38.9 Å². The van der Waals surface area contributed by atoms with Gasteiger partial charge >= 0.3 is 0 Å². The van der Waals surface area contributed by atoms with Crippen LogP contribution in [0.2, 0.25) is 0 Å². The minimum absolute atomic E-state index is 0.0924. The highest BCUT2D eigenvalue weighted by Gasteiger charge is 2.37. The Labute approximate surface area is 114 Å². The van der Waals surface area contributed by atoms with Crippen LogP contribution >= 0.6 is 0 Å². The van der Waals surface area contributed by atoms with E-state index in [0.29, 0.717) is 26.2 Å². The maximum Gasteiger partial charge on any atom is 0.282 e. The average Bonchev–Trinajstić information content (AvgIpc) is 2.37. The van der Waals surface area contributed by atoms with Crippen LogP contribution in [0.15, 0.2) is 0 Å². The summed E-state index contributed by atoms with van der Waals surface area (Å²) in [5.74, 6) is -0.167. The number of hydrogen-bond donors (Lipinski definition) is 0. The lowest BCUT2D eigenvalue weighted by Crippen LogP contribution is -2.54. The molecule has 6 nitrogen and oxygen atoms in total. The van der Waals surface area contributed by atoms with Gasteiger partial charge in [0.1, 0.15) is 6.29 Å². The van der Waals surface area contributed by atoms with Gasteiger partial charge in [0, 0.05) is 32.1 Å². The molecular weight excluding hydrogens is 268 g/mol. The van der Waals surface area contributed by atoms with Crippen LogP contribution in [0.3, 0.4) is 0 Å². The van der Waals surface area contributed by atoms with Gasteiger partial charge in [-0.2, -0.15) is 17.0 Å². The lowest BCUT2D eigenvalue weighted by Gasteiger charge is -2.39. The minimum atomic E-state index is -3.47. The Kier molecular flexibility index (Phi) is 4.60. The molecule has 0 saturated carbocycles. The zero-order valence-corrected chi connectivity index (χ0v) is 12.3. The number of piperidine rings is 1. The van der Waals surface area contributed by atoms with Crippen LogP contribution in [0, 0.1) is 5.92 Å². The number of carbonyl (C=O) groups excluding carboxylic acids is 1. The van der Waals surface area contributed by atoms with E-state index in [4.69, 9.17) is 4.74 Å². The van der Waals surface area contributed by atoms with E-state index in [-0.39, 0.29) is 18.1 Å². The first kappa shape index (κ1) is 14.9. The van der Waals surface area contributed by atoms with E-state index in [2.05, 4.69) is 0 Å². The predicted molar refractivity (Wildman–Crippen MR) is 70.9 cm³/mol. The second-order valence-electron chi connectivity index (χ2n) is 5.48. The fourth-order valence-corrected chi connectivity index (χ4v) is 4.64. The van der Waals surface area contributed by atoms with E-state index in [1.54, 1.807) is 0 Å². The van der Waals surface area contributed by atoms with Crippen molar-refractivity contribution in [3.63, 3.8) is 0 Å². The van der Waals surface area contributed by atoms with Gasteiger partial charge in [-0.25, -0.2) is 0 Å². The number of rotatable bonds is 3. The Bertz CT molecular complexity index is 415. The van der Waals surface area contributed by atoms with E-state index in [9.17, 15) is 13.2 Å². The summed E-state index contributed by atoms with van der Waals surface area (Å²) in [6, 6.07) is 0. The first-order chi connectivity index (χ1) is 8.93. The molecule has 0 aromatic rings. The molecule has 0 radical (unpaired) electrons. The van der Waals surface area contributed by atoms with E-state index in [1.807, 2.05) is 13.8 Å². The zero-order chi connectivity index (χ0) is 14.0. The van der Waals surface area contributed by atoms with Gasteiger partial charge in [0.25, 0.3) is 10.2 Å². The first-order valence-electron chi connectivity index (χ1n) is 6.79. The smallest absolute Gasteiger partial charge is 0.282 e. The van der Waals surface area contributed by atoms with Gasteiger partial charge in [-0.05, 0) is 26.7 Å². The zero-order valence-electron chi connectivity index (χ0n) is 11.5. The van der Waals surface area contributed by atoms with Crippen LogP contribution in [-0.4, -0.2) is 61.7 Å². The summed E-state index contributed by atoms with van der Waals surface area (Å²) in [6.07, 6.45) is 2.21. The molecule has 0 amide bonds. The summed E-state index contributed by atoms with van der Waals surface area (Å²) in [5.41, 5.74) is 0. The Morgan fingerprint density at radius 1 is 1.11 bits per heavy atom. The number of nitrogens with zero attached hydrogens (tertiary/aromatic N) is 2. The monoisotopic (exact) mass is 290 g/mol. The molecule has 0 N–H and O–H groups in total. The molecule has 7 heteroatoms. The van der Waals surface area contributed by atoms with Crippen molar-refractivity contribution in [1.29, 1.82) is 0 Å². The molecule has 0 aromatic heterocycles. The van der Waals surface area contributed by atoms with Crippen LogP contribution in [0.5, 0.6) is 0 Å². The molecule has 2 aliphatic rings. The number of hydrogen-bond acceptors (Lipinski definition) is 4. The fraction of sp³-hybridized carbons (Fsp3) is 0.917. The van der Waals surface area contributed by atoms with Gasteiger partial charge in [-0.3, -0.25) is 0 Å². The van der Waals surface area contributed by atoms with E-state index < -0.39 is 10.2 Å². The summed E-state index contributed by atoms with van der Waals surface area (Å²) in [4.78, 5) is 10.9. The fourth-order valence-electron chi connectivity index (χ4n) is 2.78. The second kappa shape index (κ2) is 5.87. The van der Waals surface area contributed by atoms with Crippen molar-refractivity contribution < 1.29 is 17.9 Å². The van der Waals surface area contributed by atoms with Crippen LogP contribution in [0.1, 0.15) is 26.7 Å². The topological polar surface area (TPSA) is 66.9 Å². The van der Waals surface area contributed by atoms with Gasteiger partial charge in [-0.1, -0.05) is 0 Å². The summed E-state index contributed by atoms with van der Waals surface area (Å²) in [7, 11) is -3.47. The molecule has 2 saturated heterocycles. The molecule has 2 rings (SSSR count). The molecule has 0 aromatic carbocycles. The molecule has 2 heterocycles. The third-order valence-electron chi connectivity index (χ3n) is 3.65. The minimum Gasteiger partial charge on any atom is -0.373 e. The number of ether oxygens (including phenoxy) is 1. The average molecular weight is 290 g/mol. The third-order valence-corrected chi connectivity index (χ3v) is 5.59. The summed E-state index contributed by atoms with van der Waals surface area (Å²) in [5, 5.41) is 0. The maximum atomic E-state index is 12.6. The normalized spacial score (nSPS) is 35.2. The predicted octanol–water partition coefficient (Wildman–Crippen LogP) is 0.251. The van der Waals surface area contributed by atoms with E-state index >= 15 is 0 Å². The molecule has 110 valence electrons. The summed E-state index contributed by atoms with van der Waals surface area (Å²) < 4.78 is 33.6. The van der Waals surface area contributed by atoms with Crippen molar-refractivity contribution in [3.05, 3.63) is 0 Å². The maximum absolute atomic E-state index is 12.6. The molecule has 3 unspecified atom stereocenters. The van der Waals surface area contributed by atoms with Gasteiger partial charge < -0.3 is 9.53 Å². The molecule has 3 atom stereocenters. The molecule has 0 bridgehead atoms. The third kappa shape index (κ3) is 3.34. The van der Waals surface area contributed by atoms with Crippen LogP contribution < -0.4 is 0 Å². The molecule has 0 spiro atoms. The highest BCUT2D eigenvalue weighted by molar-refractivity contribution is 7.86. The lowest BCUT2D eigenvalue weighted by atomic mass is 10.0. The van der Waals surface area contributed by atoms with Crippen molar-refractivity contribution in [3.8, 4) is 0 Å². The molecule has 19 heavy (non-hydrogen) atoms. The van der Waals surface area contributed by atoms with E-state index in [0.717, 1.165) is 19.1 Å². The summed E-state index contributed by atoms with van der Waals surface area (Å²) in [6.45, 7) is 5.34. The number of carbonyl (C=O) groups is 1. The van der Waals surface area contributed by atoms with Gasteiger partial charge in [0.05, 0.1) is 12.2 Å². The Morgan fingerprint density at radius 3 is 2.32 bits per heavy atom. The lowest BCUT2D eigenvalue weighted by molar-refractivity contribution is -0.112. The van der Waals surface area contributed by atoms with Gasteiger partial charge in [0.15, 0.2) is 0 Å². The first-order valence-corrected chi connectivity index (χ1v) is 8.19. The van der Waals surface area contributed by atoms with Gasteiger partial charge in [-0.15, -0.1) is 0 Å². The second-order valence-corrected chi connectivity index (χ2v) is 7.41. The van der Waals surface area contributed by atoms with Crippen molar-refractivity contribution in [2.75, 3.05) is 26.2 Å². The highest BCUT2D eigenvalue weighted by atomic mass is 32.2.